The molecule has 5 N–H and O–H groups in total. The Morgan fingerprint density at radius 2 is 1.81 bits per heavy atom. The molecule has 10 heteroatoms. The van der Waals surface area contributed by atoms with Crippen LogP contribution < -0.4 is 0 Å². The molecule has 1 fully saturated rings. The van der Waals surface area contributed by atoms with Gasteiger partial charge in [-0.05, 0) is 33.6 Å². The summed E-state index contributed by atoms with van der Waals surface area (Å²) in [5.41, 5.74) is 0.233. The smallest absolute Gasteiger partial charge is 0.308 e. The van der Waals surface area contributed by atoms with E-state index in [0.717, 1.165) is 5.57 Å². The molecule has 0 aromatic heterocycles. The van der Waals surface area contributed by atoms with Crippen LogP contribution in [0.5, 0.6) is 0 Å². The number of ether oxygens (including phenoxy) is 3. The number of aliphatic hydroxyl groups is 4. The second-order valence-corrected chi connectivity index (χ2v) is 8.11. The highest BCUT2D eigenvalue weighted by Crippen LogP contribution is 2.29. The van der Waals surface area contributed by atoms with Gasteiger partial charge in [0.25, 0.3) is 0 Å². The van der Waals surface area contributed by atoms with Crippen molar-refractivity contribution in [2.75, 3.05) is 6.61 Å². The third-order valence-electron chi connectivity index (χ3n) is 4.90. The van der Waals surface area contributed by atoms with Gasteiger partial charge in [-0.1, -0.05) is 17.7 Å². The predicted molar refractivity (Wildman–Crippen MR) is 109 cm³/mol. The third-order valence-corrected chi connectivity index (χ3v) is 4.90. The fourth-order valence-electron chi connectivity index (χ4n) is 2.97. The summed E-state index contributed by atoms with van der Waals surface area (Å²) in [6.45, 7) is 8.92. The number of aliphatic carboxylic acids is 1. The first-order valence-electron chi connectivity index (χ1n) is 10.1. The molecule has 0 saturated carbocycles. The Kier molecular flexibility index (Phi) is 10.8. The highest BCUT2D eigenvalue weighted by Gasteiger charge is 2.46. The van der Waals surface area contributed by atoms with E-state index in [2.05, 4.69) is 6.58 Å². The number of carboxylic acid groups (broad SMARTS) is 1. The van der Waals surface area contributed by atoms with Crippen molar-refractivity contribution in [2.45, 2.75) is 88.9 Å². The van der Waals surface area contributed by atoms with E-state index < -0.39 is 73.8 Å². The molecule has 7 atom stereocenters. The van der Waals surface area contributed by atoms with E-state index in [0.29, 0.717) is 12.8 Å². The van der Waals surface area contributed by atoms with Crippen LogP contribution in [0.25, 0.3) is 0 Å². The molecule has 1 saturated heterocycles. The number of hydrogen-bond donors (Lipinski definition) is 5. The van der Waals surface area contributed by atoms with Crippen LogP contribution in [0, 0.1) is 0 Å². The molecule has 0 radical (unpaired) electrons. The van der Waals surface area contributed by atoms with Gasteiger partial charge in [-0.2, -0.15) is 0 Å². The lowest BCUT2D eigenvalue weighted by atomic mass is 9.96. The van der Waals surface area contributed by atoms with Crippen LogP contribution in [0.3, 0.4) is 0 Å². The van der Waals surface area contributed by atoms with Crippen molar-refractivity contribution in [3.8, 4) is 0 Å². The maximum absolute atomic E-state index is 11.8. The lowest BCUT2D eigenvalue weighted by Gasteiger charge is -2.43. The summed E-state index contributed by atoms with van der Waals surface area (Å²) in [6, 6.07) is 0. The summed E-state index contributed by atoms with van der Waals surface area (Å²) in [6.07, 6.45) is -5.09. The number of rotatable bonds is 12. The first kappa shape index (κ1) is 27.2. The minimum absolute atomic E-state index is 0.494. The van der Waals surface area contributed by atoms with Crippen LogP contribution in [-0.4, -0.2) is 86.5 Å². The number of hydrogen-bond acceptors (Lipinski definition) is 9. The van der Waals surface area contributed by atoms with E-state index in [-0.39, 0.29) is 0 Å². The van der Waals surface area contributed by atoms with E-state index in [1.807, 2.05) is 19.9 Å². The second kappa shape index (κ2) is 12.3. The molecule has 0 aliphatic carbocycles. The number of esters is 1. The Bertz CT molecular complexity index is 644. The minimum Gasteiger partial charge on any atom is -0.481 e. The fraction of sp³-hybridized carbons (Fsp3) is 0.714. The van der Waals surface area contributed by atoms with E-state index in [1.165, 1.54) is 0 Å². The van der Waals surface area contributed by atoms with Crippen LogP contribution in [-0.2, 0) is 23.8 Å². The number of carboxylic acids is 1. The molecule has 178 valence electrons. The van der Waals surface area contributed by atoms with Gasteiger partial charge in [0.2, 0.25) is 0 Å². The summed E-state index contributed by atoms with van der Waals surface area (Å²) < 4.78 is 16.3. The monoisotopic (exact) mass is 446 g/mol. The molecule has 0 bridgehead atoms. The first-order chi connectivity index (χ1) is 14.4. The van der Waals surface area contributed by atoms with Crippen molar-refractivity contribution in [1.29, 1.82) is 0 Å². The molecular weight excluding hydrogens is 412 g/mol. The number of carbonyl (C=O) groups is 2. The van der Waals surface area contributed by atoms with Gasteiger partial charge in [0, 0.05) is 0 Å². The van der Waals surface area contributed by atoms with Gasteiger partial charge < -0.3 is 39.7 Å². The van der Waals surface area contributed by atoms with Gasteiger partial charge in [-0.15, -0.1) is 6.58 Å². The molecule has 1 heterocycles. The topological polar surface area (TPSA) is 163 Å². The standard InChI is InChI=1S/C21H34O10/c1-5-21(4,8-6-7-12(2)3)31-20-19(28)18(27)17(26)14(30-20)11-29-16(25)10-13(22)9-15(23)24/h5,7,13-14,17-20,22,26-28H,1,6,8-11H2,2-4H3,(H,23,24). The highest BCUT2D eigenvalue weighted by molar-refractivity contribution is 5.72. The van der Waals surface area contributed by atoms with Crippen LogP contribution in [0.15, 0.2) is 24.3 Å². The quantitative estimate of drug-likeness (QED) is 0.208. The Hall–Kier alpha value is -1.82. The maximum Gasteiger partial charge on any atom is 0.308 e. The lowest BCUT2D eigenvalue weighted by Crippen LogP contribution is -2.60. The van der Waals surface area contributed by atoms with Crippen molar-refractivity contribution in [3.63, 3.8) is 0 Å². The molecule has 1 rings (SSSR count). The van der Waals surface area contributed by atoms with Crippen LogP contribution in [0.2, 0.25) is 0 Å². The van der Waals surface area contributed by atoms with E-state index >= 15 is 0 Å². The summed E-state index contributed by atoms with van der Waals surface area (Å²) in [5.74, 6) is -2.17. The number of allylic oxidation sites excluding steroid dienone is 2. The zero-order valence-electron chi connectivity index (χ0n) is 18.1. The Morgan fingerprint density at radius 1 is 1.16 bits per heavy atom. The van der Waals surface area contributed by atoms with Crippen LogP contribution in [0.1, 0.15) is 46.5 Å². The summed E-state index contributed by atoms with van der Waals surface area (Å²) in [5, 5.41) is 48.7. The SMILES string of the molecule is C=CC(C)(CCC=C(C)C)OC1OC(COC(=O)CC(O)CC(=O)O)C(O)C(O)C1O. The maximum atomic E-state index is 11.8. The van der Waals surface area contributed by atoms with E-state index in [1.54, 1.807) is 13.0 Å². The summed E-state index contributed by atoms with van der Waals surface area (Å²) >= 11 is 0. The number of carbonyl (C=O) groups excluding carboxylic acids is 1. The summed E-state index contributed by atoms with van der Waals surface area (Å²) in [7, 11) is 0. The molecule has 1 aliphatic rings. The zero-order valence-corrected chi connectivity index (χ0v) is 18.1. The predicted octanol–water partition coefficient (Wildman–Crippen LogP) is 0.271. The largest absolute Gasteiger partial charge is 0.481 e. The Labute approximate surface area is 181 Å². The molecule has 0 amide bonds. The van der Waals surface area contributed by atoms with Crippen molar-refractivity contribution in [2.24, 2.45) is 0 Å². The summed E-state index contributed by atoms with van der Waals surface area (Å²) in [4.78, 5) is 22.3. The molecular formula is C21H34O10. The molecule has 0 aromatic rings. The fourth-order valence-corrected chi connectivity index (χ4v) is 2.97. The van der Waals surface area contributed by atoms with Gasteiger partial charge >= 0.3 is 11.9 Å². The second-order valence-electron chi connectivity index (χ2n) is 8.11. The van der Waals surface area contributed by atoms with Crippen molar-refractivity contribution in [3.05, 3.63) is 24.3 Å². The first-order valence-corrected chi connectivity index (χ1v) is 10.1. The zero-order chi connectivity index (χ0) is 23.8. The third kappa shape index (κ3) is 9.06. The van der Waals surface area contributed by atoms with Gasteiger partial charge in [0.05, 0.1) is 24.5 Å². The van der Waals surface area contributed by atoms with Gasteiger partial charge in [0.1, 0.15) is 31.0 Å². The van der Waals surface area contributed by atoms with Crippen molar-refractivity contribution >= 4 is 11.9 Å². The Morgan fingerprint density at radius 3 is 2.35 bits per heavy atom. The van der Waals surface area contributed by atoms with Gasteiger partial charge in [-0.3, -0.25) is 9.59 Å². The minimum atomic E-state index is -1.62. The van der Waals surface area contributed by atoms with Gasteiger partial charge in [-0.25, -0.2) is 0 Å². The lowest BCUT2D eigenvalue weighted by molar-refractivity contribution is -0.320. The number of aliphatic hydroxyl groups excluding tert-OH is 4. The van der Waals surface area contributed by atoms with Crippen LogP contribution >= 0.6 is 0 Å². The molecule has 31 heavy (non-hydrogen) atoms. The van der Waals surface area contributed by atoms with E-state index in [4.69, 9.17) is 19.3 Å². The average molecular weight is 446 g/mol. The van der Waals surface area contributed by atoms with Gasteiger partial charge in [0.15, 0.2) is 6.29 Å². The van der Waals surface area contributed by atoms with Crippen LogP contribution in [0.4, 0.5) is 0 Å². The molecule has 10 nitrogen and oxygen atoms in total. The van der Waals surface area contributed by atoms with Crippen molar-refractivity contribution < 1.29 is 49.3 Å². The molecule has 7 unspecified atom stereocenters. The molecule has 0 aromatic carbocycles. The van der Waals surface area contributed by atoms with Crippen molar-refractivity contribution in [1.82, 2.24) is 0 Å². The molecule has 0 spiro atoms. The van der Waals surface area contributed by atoms with E-state index in [9.17, 15) is 30.0 Å². The Balaban J connectivity index is 2.73. The normalized spacial score (nSPS) is 28.8. The average Bonchev–Trinajstić information content (AvgIpc) is 2.66. The molecule has 1 aliphatic heterocycles. The highest BCUT2D eigenvalue weighted by atomic mass is 16.7.